The highest BCUT2D eigenvalue weighted by atomic mass is 35.5. The van der Waals surface area contributed by atoms with Gasteiger partial charge >= 0.3 is 0 Å². The van der Waals surface area contributed by atoms with Crippen molar-refractivity contribution in [1.29, 1.82) is 0 Å². The average molecular weight is 431 g/mol. The lowest BCUT2D eigenvalue weighted by molar-refractivity contribution is 0.537. The Morgan fingerprint density at radius 2 is 1.77 bits per heavy atom. The maximum Gasteiger partial charge on any atom is 0.278 e. The normalized spacial score (nSPS) is 11.3. The van der Waals surface area contributed by atoms with Gasteiger partial charge in [-0.25, -0.2) is 9.97 Å². The van der Waals surface area contributed by atoms with E-state index in [0.717, 1.165) is 16.7 Å². The van der Waals surface area contributed by atoms with E-state index in [1.807, 2.05) is 79.3 Å². The molecule has 0 N–H and O–H groups in total. The Bertz CT molecular complexity index is 1450. The summed E-state index contributed by atoms with van der Waals surface area (Å²) in [5.41, 5.74) is 4.52. The molecule has 3 aromatic heterocycles. The van der Waals surface area contributed by atoms with Crippen molar-refractivity contribution in [2.24, 2.45) is 7.05 Å². The first kappa shape index (κ1) is 19.3. The molecule has 0 unspecified atom stereocenters. The molecule has 0 saturated carbocycles. The summed E-state index contributed by atoms with van der Waals surface area (Å²) in [6.07, 6.45) is 3.49. The predicted molar refractivity (Wildman–Crippen MR) is 121 cm³/mol. The molecule has 0 atom stereocenters. The smallest absolute Gasteiger partial charge is 0.278 e. The molecule has 154 valence electrons. The van der Waals surface area contributed by atoms with Gasteiger partial charge in [-0.1, -0.05) is 41.9 Å². The second-order valence-corrected chi connectivity index (χ2v) is 7.86. The summed E-state index contributed by atoms with van der Waals surface area (Å²) in [7, 11) is 1.85. The van der Waals surface area contributed by atoms with Crippen LogP contribution in [0.3, 0.4) is 0 Å². The van der Waals surface area contributed by atoms with Crippen LogP contribution < -0.4 is 5.56 Å². The SMILES string of the molecule is Cc1oc(-c2ccccc2)nc1Cn1cnc2c(-c3ccc(Cl)cc3)cn(C)c2c1=O. The summed E-state index contributed by atoms with van der Waals surface area (Å²) in [5.74, 6) is 1.22. The molecule has 0 radical (unpaired) electrons. The van der Waals surface area contributed by atoms with Crippen LogP contribution in [0.5, 0.6) is 0 Å². The van der Waals surface area contributed by atoms with Gasteiger partial charge in [-0.15, -0.1) is 0 Å². The van der Waals surface area contributed by atoms with Gasteiger partial charge in [0.1, 0.15) is 22.5 Å². The molecule has 0 saturated heterocycles. The van der Waals surface area contributed by atoms with Gasteiger partial charge in [-0.05, 0) is 36.8 Å². The molecule has 0 aliphatic rings. The molecule has 0 fully saturated rings. The summed E-state index contributed by atoms with van der Waals surface area (Å²) in [6.45, 7) is 2.14. The van der Waals surface area contributed by atoms with Gasteiger partial charge in [0.15, 0.2) is 0 Å². The molecule has 0 bridgehead atoms. The summed E-state index contributed by atoms with van der Waals surface area (Å²) in [6, 6.07) is 17.2. The van der Waals surface area contributed by atoms with Crippen molar-refractivity contribution in [3.63, 3.8) is 0 Å². The highest BCUT2D eigenvalue weighted by Crippen LogP contribution is 2.28. The first-order chi connectivity index (χ1) is 15.0. The van der Waals surface area contributed by atoms with Crippen molar-refractivity contribution in [3.8, 4) is 22.6 Å². The Hall–Kier alpha value is -3.64. The van der Waals surface area contributed by atoms with Crippen LogP contribution in [-0.4, -0.2) is 19.1 Å². The van der Waals surface area contributed by atoms with Crippen LogP contribution in [0.25, 0.3) is 33.6 Å². The van der Waals surface area contributed by atoms with E-state index in [2.05, 4.69) is 9.97 Å². The first-order valence-electron chi connectivity index (χ1n) is 9.83. The average Bonchev–Trinajstić information content (AvgIpc) is 3.31. The minimum Gasteiger partial charge on any atom is -0.441 e. The fourth-order valence-corrected chi connectivity index (χ4v) is 3.83. The highest BCUT2D eigenvalue weighted by Gasteiger charge is 2.17. The zero-order valence-electron chi connectivity index (χ0n) is 17.0. The second-order valence-electron chi connectivity index (χ2n) is 7.42. The first-order valence-corrected chi connectivity index (χ1v) is 10.2. The number of benzene rings is 2. The second kappa shape index (κ2) is 7.56. The summed E-state index contributed by atoms with van der Waals surface area (Å²) < 4.78 is 9.21. The van der Waals surface area contributed by atoms with Crippen molar-refractivity contribution in [2.75, 3.05) is 0 Å². The highest BCUT2D eigenvalue weighted by molar-refractivity contribution is 6.30. The predicted octanol–water partition coefficient (Wildman–Crippen LogP) is 5.07. The van der Waals surface area contributed by atoms with Crippen LogP contribution in [0.1, 0.15) is 11.5 Å². The Kier molecular flexibility index (Phi) is 4.71. The van der Waals surface area contributed by atoms with Crippen molar-refractivity contribution in [1.82, 2.24) is 19.1 Å². The number of aromatic nitrogens is 4. The number of hydrogen-bond donors (Lipinski definition) is 0. The van der Waals surface area contributed by atoms with Crippen LogP contribution in [0.2, 0.25) is 5.02 Å². The zero-order valence-corrected chi connectivity index (χ0v) is 17.8. The van der Waals surface area contributed by atoms with E-state index in [9.17, 15) is 4.79 Å². The van der Waals surface area contributed by atoms with Crippen LogP contribution in [-0.2, 0) is 13.6 Å². The van der Waals surface area contributed by atoms with Crippen molar-refractivity contribution >= 4 is 22.6 Å². The number of hydrogen-bond acceptors (Lipinski definition) is 4. The molecular formula is C24H19ClN4O2. The third-order valence-electron chi connectivity index (χ3n) is 5.33. The van der Waals surface area contributed by atoms with Gasteiger partial charge in [0.05, 0.1) is 12.9 Å². The van der Waals surface area contributed by atoms with Crippen LogP contribution in [0.4, 0.5) is 0 Å². The summed E-state index contributed by atoms with van der Waals surface area (Å²) in [5, 5.41) is 0.664. The molecule has 5 aromatic rings. The Labute approximate surface area is 183 Å². The van der Waals surface area contributed by atoms with Crippen LogP contribution >= 0.6 is 11.6 Å². The Morgan fingerprint density at radius 1 is 1.03 bits per heavy atom. The number of fused-ring (bicyclic) bond motifs is 1. The molecule has 0 aliphatic heterocycles. The molecule has 5 rings (SSSR count). The molecule has 6 nitrogen and oxygen atoms in total. The maximum atomic E-state index is 13.3. The summed E-state index contributed by atoms with van der Waals surface area (Å²) in [4.78, 5) is 22.5. The zero-order chi connectivity index (χ0) is 21.5. The number of aryl methyl sites for hydroxylation is 2. The minimum atomic E-state index is -0.128. The van der Waals surface area contributed by atoms with Crippen LogP contribution in [0.15, 0.2) is 76.3 Å². The van der Waals surface area contributed by atoms with Gasteiger partial charge < -0.3 is 8.98 Å². The van der Waals surface area contributed by atoms with Crippen molar-refractivity contribution in [2.45, 2.75) is 13.5 Å². The van der Waals surface area contributed by atoms with E-state index in [-0.39, 0.29) is 12.1 Å². The molecule has 7 heteroatoms. The fraction of sp³-hybridized carbons (Fsp3) is 0.125. The lowest BCUT2D eigenvalue weighted by atomic mass is 10.1. The van der Waals surface area contributed by atoms with Crippen molar-refractivity contribution < 1.29 is 4.42 Å². The van der Waals surface area contributed by atoms with Gasteiger partial charge in [-0.2, -0.15) is 0 Å². The quantitative estimate of drug-likeness (QED) is 0.399. The largest absolute Gasteiger partial charge is 0.441 e. The lowest BCUT2D eigenvalue weighted by Gasteiger charge is -2.05. The van der Waals surface area contributed by atoms with E-state index in [1.165, 1.54) is 0 Å². The minimum absolute atomic E-state index is 0.128. The molecule has 0 aliphatic carbocycles. The van der Waals surface area contributed by atoms with Gasteiger partial charge in [0.25, 0.3) is 5.56 Å². The van der Waals surface area contributed by atoms with E-state index in [1.54, 1.807) is 10.9 Å². The monoisotopic (exact) mass is 430 g/mol. The topological polar surface area (TPSA) is 65.8 Å². The third kappa shape index (κ3) is 3.45. The molecule has 3 heterocycles. The van der Waals surface area contributed by atoms with Gasteiger partial charge in [0.2, 0.25) is 5.89 Å². The van der Waals surface area contributed by atoms with E-state index < -0.39 is 0 Å². The molecular weight excluding hydrogens is 412 g/mol. The lowest BCUT2D eigenvalue weighted by Crippen LogP contribution is -2.23. The number of rotatable bonds is 4. The Morgan fingerprint density at radius 3 is 2.52 bits per heavy atom. The van der Waals surface area contributed by atoms with E-state index in [4.69, 9.17) is 16.0 Å². The number of nitrogens with zero attached hydrogens (tertiary/aromatic N) is 4. The van der Waals surface area contributed by atoms with E-state index in [0.29, 0.717) is 33.4 Å². The standard InChI is InChI=1S/C24H19ClN4O2/c1-15-20(27-23(31-15)17-6-4-3-5-7-17)13-29-14-26-21-19(12-28(2)22(21)24(29)30)16-8-10-18(25)11-9-16/h3-12,14H,13H2,1-2H3. The molecule has 31 heavy (non-hydrogen) atoms. The number of oxazole rings is 1. The summed E-state index contributed by atoms with van der Waals surface area (Å²) >= 11 is 6.01. The van der Waals surface area contributed by atoms with Crippen LogP contribution in [0, 0.1) is 6.92 Å². The van der Waals surface area contributed by atoms with Crippen molar-refractivity contribution in [3.05, 3.63) is 94.0 Å². The fourth-order valence-electron chi connectivity index (χ4n) is 3.71. The van der Waals surface area contributed by atoms with E-state index >= 15 is 0 Å². The molecule has 0 amide bonds. The maximum absolute atomic E-state index is 13.3. The third-order valence-corrected chi connectivity index (χ3v) is 5.59. The Balaban J connectivity index is 1.54. The molecule has 0 spiro atoms. The van der Waals surface area contributed by atoms with Gasteiger partial charge in [0, 0.05) is 29.4 Å². The molecule has 2 aromatic carbocycles. The number of halogens is 1. The van der Waals surface area contributed by atoms with Gasteiger partial charge in [-0.3, -0.25) is 9.36 Å².